The Hall–Kier alpha value is -1.17. The van der Waals surface area contributed by atoms with Crippen LogP contribution in [0.25, 0.3) is 0 Å². The molecule has 0 radical (unpaired) electrons. The zero-order valence-corrected chi connectivity index (χ0v) is 11.3. The van der Waals surface area contributed by atoms with Crippen molar-refractivity contribution in [2.75, 3.05) is 39.2 Å². The highest BCUT2D eigenvalue weighted by atomic mass is 15.2. The minimum atomic E-state index is 0.788. The maximum Gasteiger partial charge on any atom is 0.0564 e. The molecular weight excluding hydrogens is 226 g/mol. The van der Waals surface area contributed by atoms with Crippen LogP contribution in [0.4, 0.5) is 5.69 Å². The Morgan fingerprint density at radius 2 is 2.44 bits per heavy atom. The summed E-state index contributed by atoms with van der Waals surface area (Å²) in [5.41, 5.74) is 4.62. The van der Waals surface area contributed by atoms with Gasteiger partial charge in [0, 0.05) is 25.8 Å². The molecule has 0 bridgehead atoms. The van der Waals surface area contributed by atoms with Crippen molar-refractivity contribution < 1.29 is 0 Å². The second kappa shape index (κ2) is 6.13. The van der Waals surface area contributed by atoms with Gasteiger partial charge in [-0.25, -0.2) is 0 Å². The summed E-state index contributed by atoms with van der Waals surface area (Å²) >= 11 is 0. The molecule has 0 aromatic carbocycles. The molecule has 100 valence electrons. The number of anilines is 1. The molecule has 5 nitrogen and oxygen atoms in total. The van der Waals surface area contributed by atoms with Gasteiger partial charge in [0.2, 0.25) is 0 Å². The molecule has 1 saturated heterocycles. The highest BCUT2D eigenvalue weighted by Crippen LogP contribution is 2.16. The average Bonchev–Trinajstić information content (AvgIpc) is 2.74. The fraction of sp³-hybridized carbons (Fsp3) is 0.615. The molecule has 1 aromatic heterocycles. The molecule has 1 fully saturated rings. The SMILES string of the molecule is CN1CCC(CN(C)Cc2cc(NN)ccn2)C1. The van der Waals surface area contributed by atoms with E-state index in [0.29, 0.717) is 0 Å². The first-order valence-corrected chi connectivity index (χ1v) is 6.46. The van der Waals surface area contributed by atoms with Crippen LogP contribution in [0.2, 0.25) is 0 Å². The summed E-state index contributed by atoms with van der Waals surface area (Å²) in [5, 5.41) is 0. The molecule has 1 atom stereocenters. The quantitative estimate of drug-likeness (QED) is 0.596. The first kappa shape index (κ1) is 13.3. The van der Waals surface area contributed by atoms with Gasteiger partial charge in [-0.1, -0.05) is 0 Å². The number of aromatic nitrogens is 1. The number of nitrogens with one attached hydrogen (secondary N) is 1. The minimum Gasteiger partial charge on any atom is -0.324 e. The predicted octanol–water partition coefficient (Wildman–Crippen LogP) is 0.751. The van der Waals surface area contributed by atoms with E-state index in [1.807, 2.05) is 12.1 Å². The Labute approximate surface area is 109 Å². The molecule has 1 aliphatic heterocycles. The summed E-state index contributed by atoms with van der Waals surface area (Å²) in [6.45, 7) is 4.44. The molecule has 1 unspecified atom stereocenters. The zero-order chi connectivity index (χ0) is 13.0. The monoisotopic (exact) mass is 249 g/mol. The standard InChI is InChI=1S/C13H23N5/c1-17-6-4-11(8-17)9-18(2)10-13-7-12(16-14)3-5-15-13/h3,5,7,11H,4,6,8-10,14H2,1-2H3,(H,15,16). The van der Waals surface area contributed by atoms with Gasteiger partial charge >= 0.3 is 0 Å². The van der Waals surface area contributed by atoms with Gasteiger partial charge < -0.3 is 15.2 Å². The number of nitrogen functional groups attached to an aromatic ring is 1. The number of hydrogen-bond donors (Lipinski definition) is 2. The number of likely N-dealkylation sites (tertiary alicyclic amines) is 1. The average molecular weight is 249 g/mol. The lowest BCUT2D eigenvalue weighted by Gasteiger charge is -2.20. The highest BCUT2D eigenvalue weighted by Gasteiger charge is 2.20. The van der Waals surface area contributed by atoms with Crippen molar-refractivity contribution in [1.29, 1.82) is 0 Å². The summed E-state index contributed by atoms with van der Waals surface area (Å²) in [5.74, 6) is 6.19. The van der Waals surface area contributed by atoms with Crippen LogP contribution in [0.5, 0.6) is 0 Å². The molecule has 2 rings (SSSR count). The van der Waals surface area contributed by atoms with E-state index in [2.05, 4.69) is 34.3 Å². The van der Waals surface area contributed by atoms with Crippen molar-refractivity contribution in [3.63, 3.8) is 0 Å². The Kier molecular flexibility index (Phi) is 4.52. The van der Waals surface area contributed by atoms with Crippen molar-refractivity contribution in [1.82, 2.24) is 14.8 Å². The Morgan fingerprint density at radius 3 is 3.11 bits per heavy atom. The van der Waals surface area contributed by atoms with E-state index in [4.69, 9.17) is 5.84 Å². The summed E-state index contributed by atoms with van der Waals surface area (Å²) in [7, 11) is 4.35. The van der Waals surface area contributed by atoms with E-state index in [9.17, 15) is 0 Å². The van der Waals surface area contributed by atoms with Gasteiger partial charge in [0.05, 0.1) is 11.4 Å². The van der Waals surface area contributed by atoms with Gasteiger partial charge in [0.1, 0.15) is 0 Å². The van der Waals surface area contributed by atoms with E-state index in [-0.39, 0.29) is 0 Å². The summed E-state index contributed by atoms with van der Waals surface area (Å²) in [6, 6.07) is 3.87. The Morgan fingerprint density at radius 1 is 1.61 bits per heavy atom. The predicted molar refractivity (Wildman–Crippen MR) is 74.0 cm³/mol. The smallest absolute Gasteiger partial charge is 0.0564 e. The molecule has 1 aromatic rings. The molecule has 1 aliphatic rings. The second-order valence-corrected chi connectivity index (χ2v) is 5.29. The molecule has 3 N–H and O–H groups in total. The van der Waals surface area contributed by atoms with Crippen LogP contribution in [-0.2, 0) is 6.54 Å². The minimum absolute atomic E-state index is 0.788. The van der Waals surface area contributed by atoms with Crippen LogP contribution in [0.1, 0.15) is 12.1 Å². The summed E-state index contributed by atoms with van der Waals surface area (Å²) in [4.78, 5) is 9.11. The first-order chi connectivity index (χ1) is 8.67. The summed E-state index contributed by atoms with van der Waals surface area (Å²) < 4.78 is 0. The zero-order valence-electron chi connectivity index (χ0n) is 11.3. The molecular formula is C13H23N5. The molecule has 2 heterocycles. The van der Waals surface area contributed by atoms with Crippen molar-refractivity contribution in [3.8, 4) is 0 Å². The number of hydrogen-bond acceptors (Lipinski definition) is 5. The van der Waals surface area contributed by atoms with E-state index in [1.54, 1.807) is 6.20 Å². The van der Waals surface area contributed by atoms with Crippen LogP contribution in [0.3, 0.4) is 0 Å². The second-order valence-electron chi connectivity index (χ2n) is 5.29. The lowest BCUT2D eigenvalue weighted by Crippen LogP contribution is -2.27. The fourth-order valence-electron chi connectivity index (χ4n) is 2.61. The Balaban J connectivity index is 1.84. The van der Waals surface area contributed by atoms with E-state index >= 15 is 0 Å². The van der Waals surface area contributed by atoms with Crippen LogP contribution in [0.15, 0.2) is 18.3 Å². The molecule has 18 heavy (non-hydrogen) atoms. The number of pyridine rings is 1. The van der Waals surface area contributed by atoms with Gasteiger partial charge in [-0.2, -0.15) is 0 Å². The lowest BCUT2D eigenvalue weighted by atomic mass is 10.1. The molecule has 0 spiro atoms. The fourth-order valence-corrected chi connectivity index (χ4v) is 2.61. The van der Waals surface area contributed by atoms with Gasteiger partial charge in [0.25, 0.3) is 0 Å². The molecule has 0 amide bonds. The van der Waals surface area contributed by atoms with Crippen LogP contribution >= 0.6 is 0 Å². The molecule has 5 heteroatoms. The first-order valence-electron chi connectivity index (χ1n) is 6.46. The molecule has 0 aliphatic carbocycles. The number of rotatable bonds is 5. The third-order valence-corrected chi connectivity index (χ3v) is 3.47. The molecule has 0 saturated carbocycles. The van der Waals surface area contributed by atoms with Gasteiger partial charge in [0.15, 0.2) is 0 Å². The third kappa shape index (κ3) is 3.66. The van der Waals surface area contributed by atoms with Gasteiger partial charge in [-0.15, -0.1) is 0 Å². The maximum absolute atomic E-state index is 5.40. The van der Waals surface area contributed by atoms with Crippen LogP contribution < -0.4 is 11.3 Å². The lowest BCUT2D eigenvalue weighted by molar-refractivity contribution is 0.265. The normalized spacial score (nSPS) is 20.6. The highest BCUT2D eigenvalue weighted by molar-refractivity contribution is 5.41. The Bertz CT molecular complexity index is 381. The topological polar surface area (TPSA) is 57.4 Å². The van der Waals surface area contributed by atoms with Gasteiger partial charge in [-0.3, -0.25) is 10.8 Å². The van der Waals surface area contributed by atoms with Crippen molar-refractivity contribution >= 4 is 5.69 Å². The van der Waals surface area contributed by atoms with Crippen LogP contribution in [0, 0.1) is 5.92 Å². The van der Waals surface area contributed by atoms with Crippen LogP contribution in [-0.4, -0.2) is 48.5 Å². The third-order valence-electron chi connectivity index (χ3n) is 3.47. The van der Waals surface area contributed by atoms with E-state index in [0.717, 1.165) is 30.4 Å². The van der Waals surface area contributed by atoms with Gasteiger partial charge in [-0.05, 0) is 45.1 Å². The van der Waals surface area contributed by atoms with Crippen molar-refractivity contribution in [3.05, 3.63) is 24.0 Å². The number of nitrogens with zero attached hydrogens (tertiary/aromatic N) is 3. The van der Waals surface area contributed by atoms with E-state index in [1.165, 1.54) is 19.5 Å². The number of hydrazine groups is 1. The largest absolute Gasteiger partial charge is 0.324 e. The maximum atomic E-state index is 5.40. The number of nitrogens with two attached hydrogens (primary N) is 1. The summed E-state index contributed by atoms with van der Waals surface area (Å²) in [6.07, 6.45) is 3.10. The van der Waals surface area contributed by atoms with Crippen molar-refractivity contribution in [2.24, 2.45) is 11.8 Å². The van der Waals surface area contributed by atoms with Crippen molar-refractivity contribution in [2.45, 2.75) is 13.0 Å². The van der Waals surface area contributed by atoms with E-state index < -0.39 is 0 Å².